The van der Waals surface area contributed by atoms with Crippen molar-refractivity contribution >= 4 is 0 Å². The minimum Gasteiger partial charge on any atom is -0.393 e. The normalized spacial score (nSPS) is 15.7. The van der Waals surface area contributed by atoms with Crippen LogP contribution in [0.5, 0.6) is 0 Å². The Morgan fingerprint density at radius 3 is 2.54 bits per heavy atom. The molecule has 0 aromatic heterocycles. The SMILES string of the molecule is CCCCCC(O)CCNC(C)N. The molecule has 4 N–H and O–H groups in total. The molecule has 13 heavy (non-hydrogen) atoms. The predicted molar refractivity (Wildman–Crippen MR) is 56.4 cm³/mol. The van der Waals surface area contributed by atoms with E-state index in [1.54, 1.807) is 0 Å². The highest BCUT2D eigenvalue weighted by Crippen LogP contribution is 2.05. The third-order valence-electron chi connectivity index (χ3n) is 2.08. The lowest BCUT2D eigenvalue weighted by Crippen LogP contribution is -2.35. The Balaban J connectivity index is 3.15. The summed E-state index contributed by atoms with van der Waals surface area (Å²) in [5.74, 6) is 0. The first-order valence-corrected chi connectivity index (χ1v) is 5.33. The highest BCUT2D eigenvalue weighted by Gasteiger charge is 2.03. The minimum atomic E-state index is -0.155. The van der Waals surface area contributed by atoms with Crippen LogP contribution in [0.15, 0.2) is 0 Å². The largest absolute Gasteiger partial charge is 0.393 e. The molecule has 3 heteroatoms. The van der Waals surface area contributed by atoms with Crippen molar-refractivity contribution in [2.75, 3.05) is 6.54 Å². The Kier molecular flexibility index (Phi) is 8.40. The number of aliphatic hydroxyl groups is 1. The molecule has 0 fully saturated rings. The van der Waals surface area contributed by atoms with E-state index in [0.29, 0.717) is 0 Å². The number of hydrogen-bond acceptors (Lipinski definition) is 3. The third kappa shape index (κ3) is 9.80. The third-order valence-corrected chi connectivity index (χ3v) is 2.08. The second kappa shape index (κ2) is 8.48. The Morgan fingerprint density at radius 2 is 2.00 bits per heavy atom. The fraction of sp³-hybridized carbons (Fsp3) is 1.00. The summed E-state index contributed by atoms with van der Waals surface area (Å²) >= 11 is 0. The van der Waals surface area contributed by atoms with Crippen LogP contribution in [0.25, 0.3) is 0 Å². The van der Waals surface area contributed by atoms with Crippen LogP contribution in [-0.2, 0) is 0 Å². The Hall–Kier alpha value is -0.120. The fourth-order valence-electron chi connectivity index (χ4n) is 1.25. The lowest BCUT2D eigenvalue weighted by atomic mass is 10.1. The Labute approximate surface area is 81.7 Å². The van der Waals surface area contributed by atoms with Gasteiger partial charge in [0, 0.05) is 0 Å². The number of aliphatic hydroxyl groups excluding tert-OH is 1. The summed E-state index contributed by atoms with van der Waals surface area (Å²) in [5, 5.41) is 12.6. The van der Waals surface area contributed by atoms with Crippen LogP contribution < -0.4 is 11.1 Å². The minimum absolute atomic E-state index is 0.0304. The molecule has 0 aliphatic carbocycles. The molecule has 2 atom stereocenters. The van der Waals surface area contributed by atoms with Gasteiger partial charge in [-0.2, -0.15) is 0 Å². The van der Waals surface area contributed by atoms with Gasteiger partial charge in [-0.15, -0.1) is 0 Å². The molecule has 0 bridgehead atoms. The maximum atomic E-state index is 9.51. The van der Waals surface area contributed by atoms with Crippen LogP contribution in [0, 0.1) is 0 Å². The molecule has 0 saturated carbocycles. The topological polar surface area (TPSA) is 58.3 Å². The van der Waals surface area contributed by atoms with Crippen LogP contribution >= 0.6 is 0 Å². The molecule has 0 aromatic carbocycles. The second-order valence-electron chi connectivity index (χ2n) is 3.68. The van der Waals surface area contributed by atoms with Gasteiger partial charge in [0.05, 0.1) is 12.3 Å². The lowest BCUT2D eigenvalue weighted by molar-refractivity contribution is 0.149. The average molecular weight is 188 g/mol. The standard InChI is InChI=1S/C10H24N2O/c1-3-4-5-6-10(13)7-8-12-9(2)11/h9-10,12-13H,3-8,11H2,1-2H3. The number of unbranched alkanes of at least 4 members (excludes halogenated alkanes) is 2. The van der Waals surface area contributed by atoms with Crippen molar-refractivity contribution in [1.29, 1.82) is 0 Å². The van der Waals surface area contributed by atoms with Crippen LogP contribution in [0.3, 0.4) is 0 Å². The molecule has 0 amide bonds. The molecule has 0 heterocycles. The van der Waals surface area contributed by atoms with E-state index in [-0.39, 0.29) is 12.3 Å². The van der Waals surface area contributed by atoms with Gasteiger partial charge in [-0.3, -0.25) is 0 Å². The highest BCUT2D eigenvalue weighted by atomic mass is 16.3. The quantitative estimate of drug-likeness (QED) is 0.396. The molecule has 0 radical (unpaired) electrons. The summed E-state index contributed by atoms with van der Waals surface area (Å²) in [6.07, 6.45) is 5.18. The van der Waals surface area contributed by atoms with E-state index in [9.17, 15) is 5.11 Å². The van der Waals surface area contributed by atoms with Crippen molar-refractivity contribution in [3.63, 3.8) is 0 Å². The molecular formula is C10H24N2O. The number of nitrogens with one attached hydrogen (secondary N) is 1. The Morgan fingerprint density at radius 1 is 1.31 bits per heavy atom. The summed E-state index contributed by atoms with van der Waals surface area (Å²) in [6, 6.07) is 0. The van der Waals surface area contributed by atoms with Crippen LogP contribution in [-0.4, -0.2) is 23.9 Å². The van der Waals surface area contributed by atoms with E-state index in [2.05, 4.69) is 12.2 Å². The van der Waals surface area contributed by atoms with Crippen LogP contribution in [0.2, 0.25) is 0 Å². The summed E-state index contributed by atoms with van der Waals surface area (Å²) in [4.78, 5) is 0. The zero-order valence-electron chi connectivity index (χ0n) is 8.92. The summed E-state index contributed by atoms with van der Waals surface area (Å²) in [7, 11) is 0. The molecule has 0 saturated heterocycles. The van der Waals surface area contributed by atoms with Gasteiger partial charge in [0.25, 0.3) is 0 Å². The van der Waals surface area contributed by atoms with Gasteiger partial charge in [-0.1, -0.05) is 26.2 Å². The van der Waals surface area contributed by atoms with Gasteiger partial charge in [0.15, 0.2) is 0 Å². The van der Waals surface area contributed by atoms with Gasteiger partial charge < -0.3 is 16.2 Å². The van der Waals surface area contributed by atoms with Gasteiger partial charge in [-0.25, -0.2) is 0 Å². The zero-order chi connectivity index (χ0) is 10.1. The van der Waals surface area contributed by atoms with Gasteiger partial charge in [0.2, 0.25) is 0 Å². The summed E-state index contributed by atoms with van der Waals surface area (Å²) in [6.45, 7) is 4.89. The average Bonchev–Trinajstić information content (AvgIpc) is 2.04. The molecule has 2 unspecified atom stereocenters. The van der Waals surface area contributed by atoms with Crippen LogP contribution in [0.1, 0.15) is 46.0 Å². The molecule has 0 aliphatic heterocycles. The van der Waals surface area contributed by atoms with Crippen molar-refractivity contribution < 1.29 is 5.11 Å². The first-order chi connectivity index (χ1) is 6.16. The first-order valence-electron chi connectivity index (χ1n) is 5.33. The molecule has 0 aromatic rings. The molecule has 0 spiro atoms. The molecular weight excluding hydrogens is 164 g/mol. The van der Waals surface area contributed by atoms with Gasteiger partial charge in [-0.05, 0) is 26.3 Å². The van der Waals surface area contributed by atoms with E-state index in [0.717, 1.165) is 25.8 Å². The lowest BCUT2D eigenvalue weighted by Gasteiger charge is -2.12. The van der Waals surface area contributed by atoms with E-state index in [1.807, 2.05) is 6.92 Å². The van der Waals surface area contributed by atoms with Crippen molar-refractivity contribution in [1.82, 2.24) is 5.32 Å². The van der Waals surface area contributed by atoms with E-state index in [4.69, 9.17) is 5.73 Å². The van der Waals surface area contributed by atoms with E-state index < -0.39 is 0 Å². The van der Waals surface area contributed by atoms with Crippen LogP contribution in [0.4, 0.5) is 0 Å². The zero-order valence-corrected chi connectivity index (χ0v) is 8.92. The highest BCUT2D eigenvalue weighted by molar-refractivity contribution is 4.59. The molecule has 0 rings (SSSR count). The van der Waals surface area contributed by atoms with E-state index in [1.165, 1.54) is 12.8 Å². The smallest absolute Gasteiger partial charge is 0.0552 e. The first kappa shape index (κ1) is 12.9. The van der Waals surface area contributed by atoms with Gasteiger partial charge >= 0.3 is 0 Å². The fourth-order valence-corrected chi connectivity index (χ4v) is 1.25. The van der Waals surface area contributed by atoms with Crippen molar-refractivity contribution in [3.05, 3.63) is 0 Å². The summed E-state index contributed by atoms with van der Waals surface area (Å²) < 4.78 is 0. The van der Waals surface area contributed by atoms with Crippen molar-refractivity contribution in [3.8, 4) is 0 Å². The number of hydrogen-bond donors (Lipinski definition) is 3. The number of nitrogens with two attached hydrogens (primary N) is 1. The molecule has 0 aliphatic rings. The molecule has 80 valence electrons. The Bertz CT molecular complexity index is 107. The van der Waals surface area contributed by atoms with Crippen molar-refractivity contribution in [2.24, 2.45) is 5.73 Å². The second-order valence-corrected chi connectivity index (χ2v) is 3.68. The van der Waals surface area contributed by atoms with Gasteiger partial charge in [0.1, 0.15) is 0 Å². The number of rotatable bonds is 8. The van der Waals surface area contributed by atoms with Crippen molar-refractivity contribution in [2.45, 2.75) is 58.2 Å². The monoisotopic (exact) mass is 188 g/mol. The predicted octanol–water partition coefficient (Wildman–Crippen LogP) is 1.21. The molecule has 3 nitrogen and oxygen atoms in total. The maximum absolute atomic E-state index is 9.51. The summed E-state index contributed by atoms with van der Waals surface area (Å²) in [5.41, 5.74) is 5.51. The maximum Gasteiger partial charge on any atom is 0.0552 e. The van der Waals surface area contributed by atoms with E-state index >= 15 is 0 Å².